The smallest absolute Gasteiger partial charge is 0.216 e. The summed E-state index contributed by atoms with van der Waals surface area (Å²) < 4.78 is 55.1. The van der Waals surface area contributed by atoms with Crippen molar-refractivity contribution in [2.75, 3.05) is 32.9 Å². The Bertz CT molecular complexity index is 944. The van der Waals surface area contributed by atoms with Gasteiger partial charge in [-0.2, -0.15) is 4.31 Å². The summed E-state index contributed by atoms with van der Waals surface area (Å²) in [4.78, 5) is 1.80. The van der Waals surface area contributed by atoms with Crippen molar-refractivity contribution < 1.29 is 17.2 Å². The number of benzene rings is 2. The second-order valence-electron chi connectivity index (χ2n) is 6.84. The fraction of sp³-hybridized carbons (Fsp3) is 0.300. The van der Waals surface area contributed by atoms with Crippen LogP contribution in [0.4, 0.5) is 8.78 Å². The molecule has 0 fully saturated rings. The van der Waals surface area contributed by atoms with E-state index in [4.69, 9.17) is 0 Å². The number of rotatable bonds is 6. The average Bonchev–Trinajstić information content (AvgIpc) is 3.09. The van der Waals surface area contributed by atoms with Crippen molar-refractivity contribution in [2.24, 2.45) is 0 Å². The summed E-state index contributed by atoms with van der Waals surface area (Å²) in [6, 6.07) is 11.8. The molecule has 0 saturated heterocycles. The lowest BCUT2D eigenvalue weighted by Gasteiger charge is -2.25. The molecule has 4 nitrogen and oxygen atoms in total. The van der Waals surface area contributed by atoms with E-state index >= 15 is 0 Å². The first-order valence-electron chi connectivity index (χ1n) is 8.63. The number of nitrogens with zero attached hydrogens (tertiary/aromatic N) is 2. The van der Waals surface area contributed by atoms with E-state index in [0.717, 1.165) is 23.8 Å². The molecule has 2 aromatic carbocycles. The number of hydrogen-bond acceptors (Lipinski definition) is 3. The fourth-order valence-electron chi connectivity index (χ4n) is 3.11. The molecular weight excluding hydrogens is 370 g/mol. The summed E-state index contributed by atoms with van der Waals surface area (Å²) >= 11 is 0. The number of halogens is 2. The predicted molar refractivity (Wildman–Crippen MR) is 103 cm³/mol. The van der Waals surface area contributed by atoms with Crippen LogP contribution in [-0.4, -0.2) is 50.6 Å². The first kappa shape index (κ1) is 19.7. The van der Waals surface area contributed by atoms with Gasteiger partial charge in [-0.25, -0.2) is 17.2 Å². The highest BCUT2D eigenvalue weighted by molar-refractivity contribution is 7.89. The lowest BCUT2D eigenvalue weighted by atomic mass is 10.0. The van der Waals surface area contributed by atoms with Crippen LogP contribution in [0.1, 0.15) is 17.2 Å². The number of hydrogen-bond donors (Lipinski definition) is 0. The summed E-state index contributed by atoms with van der Waals surface area (Å²) in [5.74, 6) is -1.17. The molecule has 1 aliphatic rings. The van der Waals surface area contributed by atoms with Crippen LogP contribution in [0.3, 0.4) is 0 Å². The maximum atomic E-state index is 14.2. The summed E-state index contributed by atoms with van der Waals surface area (Å²) in [6.07, 6.45) is 1.71. The van der Waals surface area contributed by atoms with Crippen molar-refractivity contribution in [1.29, 1.82) is 0 Å². The molecule has 0 radical (unpaired) electrons. The van der Waals surface area contributed by atoms with E-state index in [0.29, 0.717) is 12.1 Å². The van der Waals surface area contributed by atoms with E-state index in [1.807, 2.05) is 30.3 Å². The second kappa shape index (κ2) is 7.88. The van der Waals surface area contributed by atoms with Crippen LogP contribution < -0.4 is 0 Å². The molecule has 2 aromatic rings. The van der Waals surface area contributed by atoms with E-state index in [-0.39, 0.29) is 17.9 Å². The van der Waals surface area contributed by atoms with Gasteiger partial charge in [0.1, 0.15) is 11.6 Å². The van der Waals surface area contributed by atoms with Gasteiger partial charge >= 0.3 is 0 Å². The standard InChI is InChI=1S/C20H22F2N2O2S/c1-23(2)10-11-27(25,26)24-14-16(18-13-17(21)8-9-19(18)22)12-20(24)15-6-4-3-5-7-15/h3-9,12-13,20H,10-11,14H2,1-2H3. The third-order valence-corrected chi connectivity index (χ3v) is 6.33. The molecular formula is C20H22F2N2O2S. The van der Waals surface area contributed by atoms with Gasteiger partial charge in [-0.05, 0) is 43.4 Å². The molecule has 0 bridgehead atoms. The molecule has 0 aromatic heterocycles. The Morgan fingerprint density at radius 1 is 1.11 bits per heavy atom. The fourth-order valence-corrected chi connectivity index (χ4v) is 4.81. The molecule has 7 heteroatoms. The Morgan fingerprint density at radius 2 is 1.81 bits per heavy atom. The van der Waals surface area contributed by atoms with Crippen LogP contribution in [0, 0.1) is 11.6 Å². The highest BCUT2D eigenvalue weighted by Gasteiger charge is 2.36. The van der Waals surface area contributed by atoms with Gasteiger partial charge in [0, 0.05) is 18.7 Å². The highest BCUT2D eigenvalue weighted by Crippen LogP contribution is 2.37. The van der Waals surface area contributed by atoms with Crippen LogP contribution in [0.2, 0.25) is 0 Å². The van der Waals surface area contributed by atoms with Crippen molar-refractivity contribution in [3.05, 3.63) is 77.4 Å². The molecule has 144 valence electrons. The first-order valence-corrected chi connectivity index (χ1v) is 10.2. The highest BCUT2D eigenvalue weighted by atomic mass is 32.2. The minimum absolute atomic E-state index is 0.00962. The van der Waals surface area contributed by atoms with Crippen LogP contribution in [-0.2, 0) is 10.0 Å². The van der Waals surface area contributed by atoms with Crippen molar-refractivity contribution in [1.82, 2.24) is 9.21 Å². The van der Waals surface area contributed by atoms with Gasteiger partial charge in [0.2, 0.25) is 10.0 Å². The molecule has 1 unspecified atom stereocenters. The molecule has 0 amide bonds. The Hall–Kier alpha value is -2.09. The zero-order chi connectivity index (χ0) is 19.6. The van der Waals surface area contributed by atoms with Gasteiger partial charge < -0.3 is 4.90 Å². The topological polar surface area (TPSA) is 40.6 Å². The summed E-state index contributed by atoms with van der Waals surface area (Å²) in [5.41, 5.74) is 1.35. The zero-order valence-electron chi connectivity index (χ0n) is 15.3. The van der Waals surface area contributed by atoms with Gasteiger partial charge in [-0.15, -0.1) is 0 Å². The van der Waals surface area contributed by atoms with Gasteiger partial charge in [-0.3, -0.25) is 0 Å². The third-order valence-electron chi connectivity index (χ3n) is 4.56. The molecule has 0 N–H and O–H groups in total. The van der Waals surface area contributed by atoms with Crippen molar-refractivity contribution >= 4 is 15.6 Å². The maximum Gasteiger partial charge on any atom is 0.216 e. The van der Waals surface area contributed by atoms with E-state index in [2.05, 4.69) is 0 Å². The van der Waals surface area contributed by atoms with Gasteiger partial charge in [0.25, 0.3) is 0 Å². The number of sulfonamides is 1. The average molecular weight is 392 g/mol. The van der Waals surface area contributed by atoms with E-state index in [1.165, 1.54) is 4.31 Å². The van der Waals surface area contributed by atoms with Crippen LogP contribution in [0.5, 0.6) is 0 Å². The van der Waals surface area contributed by atoms with Gasteiger partial charge in [0.15, 0.2) is 0 Å². The van der Waals surface area contributed by atoms with E-state index < -0.39 is 27.7 Å². The third kappa shape index (κ3) is 4.43. The molecule has 1 heterocycles. The Labute approximate surface area is 158 Å². The first-order chi connectivity index (χ1) is 12.8. The Morgan fingerprint density at radius 3 is 2.48 bits per heavy atom. The van der Waals surface area contributed by atoms with Crippen LogP contribution in [0.15, 0.2) is 54.6 Å². The zero-order valence-corrected chi connectivity index (χ0v) is 16.1. The SMILES string of the molecule is CN(C)CCS(=O)(=O)N1CC(c2cc(F)ccc2F)=CC1c1ccccc1. The minimum atomic E-state index is -3.59. The monoisotopic (exact) mass is 392 g/mol. The van der Waals surface area contributed by atoms with E-state index in [9.17, 15) is 17.2 Å². The lowest BCUT2D eigenvalue weighted by Crippen LogP contribution is -2.36. The molecule has 3 rings (SSSR count). The molecule has 0 saturated carbocycles. The molecule has 0 aliphatic carbocycles. The van der Waals surface area contributed by atoms with Gasteiger partial charge in [-0.1, -0.05) is 36.4 Å². The minimum Gasteiger partial charge on any atom is -0.308 e. The molecule has 0 spiro atoms. The Balaban J connectivity index is 2.00. The largest absolute Gasteiger partial charge is 0.308 e. The van der Waals surface area contributed by atoms with Crippen LogP contribution in [0.25, 0.3) is 5.57 Å². The van der Waals surface area contributed by atoms with Crippen molar-refractivity contribution in [3.8, 4) is 0 Å². The molecule has 1 aliphatic heterocycles. The summed E-state index contributed by atoms with van der Waals surface area (Å²) in [6.45, 7) is 0.389. The summed E-state index contributed by atoms with van der Waals surface area (Å²) in [7, 11) is 0.0182. The van der Waals surface area contributed by atoms with Crippen LogP contribution >= 0.6 is 0 Å². The van der Waals surface area contributed by atoms with Gasteiger partial charge in [0.05, 0.1) is 11.8 Å². The predicted octanol–water partition coefficient (Wildman–Crippen LogP) is 3.30. The molecule has 1 atom stereocenters. The quantitative estimate of drug-likeness (QED) is 0.757. The molecule has 27 heavy (non-hydrogen) atoms. The summed E-state index contributed by atoms with van der Waals surface area (Å²) in [5, 5.41) is 0. The second-order valence-corrected chi connectivity index (χ2v) is 8.88. The van der Waals surface area contributed by atoms with Crippen molar-refractivity contribution in [2.45, 2.75) is 6.04 Å². The van der Waals surface area contributed by atoms with E-state index in [1.54, 1.807) is 25.1 Å². The van der Waals surface area contributed by atoms with Crippen molar-refractivity contribution in [3.63, 3.8) is 0 Å². The Kier molecular flexibility index (Phi) is 5.74. The normalized spacial score (nSPS) is 18.1. The lowest BCUT2D eigenvalue weighted by molar-refractivity contribution is 0.399. The maximum absolute atomic E-state index is 14.2.